The van der Waals surface area contributed by atoms with Crippen molar-refractivity contribution in [1.29, 1.82) is 0 Å². The molecule has 0 amide bonds. The Kier molecular flexibility index (Phi) is 8.80. The number of benzene rings is 3. The molecule has 0 bridgehead atoms. The molecule has 3 aromatic carbocycles. The molecule has 5 aromatic rings. The molecule has 2 N–H and O–H groups in total. The van der Waals surface area contributed by atoms with Gasteiger partial charge in [0.15, 0.2) is 10.9 Å². The first-order valence-corrected chi connectivity index (χ1v) is 14.9. The SMILES string of the molecule is COc1ccc(CNc2nc(SC)nc(NC(C)c3cc4cccc(Cl)c4c(=O)n3-c3ccccc3)c2C(C)=O)cc1. The van der Waals surface area contributed by atoms with Gasteiger partial charge in [-0.25, -0.2) is 9.97 Å². The van der Waals surface area contributed by atoms with E-state index in [4.69, 9.17) is 16.3 Å². The number of rotatable bonds is 10. The third-order valence-electron chi connectivity index (χ3n) is 6.88. The van der Waals surface area contributed by atoms with E-state index in [-0.39, 0.29) is 11.3 Å². The number of halogens is 1. The number of methoxy groups -OCH3 is 1. The van der Waals surface area contributed by atoms with Gasteiger partial charge in [0.1, 0.15) is 22.9 Å². The number of para-hydroxylation sites is 1. The number of Topliss-reactive ketones (excluding diaryl/α,β-unsaturated/α-hetero) is 1. The number of pyridine rings is 1. The van der Waals surface area contributed by atoms with E-state index >= 15 is 0 Å². The zero-order valence-electron chi connectivity index (χ0n) is 23.6. The van der Waals surface area contributed by atoms with Gasteiger partial charge in [-0.15, -0.1) is 0 Å². The Bertz CT molecular complexity index is 1810. The van der Waals surface area contributed by atoms with E-state index in [1.165, 1.54) is 18.7 Å². The molecule has 0 saturated heterocycles. The van der Waals surface area contributed by atoms with Gasteiger partial charge in [0.05, 0.1) is 23.6 Å². The van der Waals surface area contributed by atoms with E-state index in [9.17, 15) is 9.59 Å². The van der Waals surface area contributed by atoms with Gasteiger partial charge in [-0.05, 0) is 67.5 Å². The smallest absolute Gasteiger partial charge is 0.264 e. The molecular weight excluding hydrogens is 570 g/mol. The quantitative estimate of drug-likeness (QED) is 0.0992. The summed E-state index contributed by atoms with van der Waals surface area (Å²) in [5.41, 5.74) is 2.50. The molecule has 0 aliphatic carbocycles. The second-order valence-electron chi connectivity index (χ2n) is 9.66. The van der Waals surface area contributed by atoms with Gasteiger partial charge in [0.2, 0.25) is 0 Å². The Morgan fingerprint density at radius 1 is 1.02 bits per heavy atom. The van der Waals surface area contributed by atoms with E-state index in [1.807, 2.05) is 86.0 Å². The minimum Gasteiger partial charge on any atom is -0.497 e. The largest absolute Gasteiger partial charge is 0.497 e. The summed E-state index contributed by atoms with van der Waals surface area (Å²) in [4.78, 5) is 36.2. The Morgan fingerprint density at radius 2 is 1.74 bits per heavy atom. The van der Waals surface area contributed by atoms with Crippen molar-refractivity contribution in [2.24, 2.45) is 0 Å². The number of hydrogen-bond acceptors (Lipinski definition) is 8. The van der Waals surface area contributed by atoms with Crippen LogP contribution in [0.1, 0.15) is 41.5 Å². The molecule has 1 unspecified atom stereocenters. The van der Waals surface area contributed by atoms with Crippen LogP contribution in [0.15, 0.2) is 88.8 Å². The number of ether oxygens (including phenoxy) is 1. The first-order valence-electron chi connectivity index (χ1n) is 13.3. The number of carbonyl (C=O) groups excluding carboxylic acids is 1. The number of aromatic nitrogens is 3. The molecule has 10 heteroatoms. The lowest BCUT2D eigenvalue weighted by atomic mass is 10.1. The number of hydrogen-bond donors (Lipinski definition) is 2. The van der Waals surface area contributed by atoms with Crippen LogP contribution < -0.4 is 20.9 Å². The number of thioether (sulfide) groups is 1. The minimum atomic E-state index is -0.432. The van der Waals surface area contributed by atoms with Crippen LogP contribution >= 0.6 is 23.4 Å². The van der Waals surface area contributed by atoms with E-state index in [2.05, 4.69) is 20.6 Å². The van der Waals surface area contributed by atoms with Gasteiger partial charge in [-0.3, -0.25) is 14.2 Å². The lowest BCUT2D eigenvalue weighted by Gasteiger charge is -2.23. The summed E-state index contributed by atoms with van der Waals surface area (Å²) in [6.45, 7) is 3.87. The first-order chi connectivity index (χ1) is 20.3. The fourth-order valence-electron chi connectivity index (χ4n) is 4.81. The van der Waals surface area contributed by atoms with E-state index in [0.29, 0.717) is 50.7 Å². The van der Waals surface area contributed by atoms with Crippen LogP contribution in [0.4, 0.5) is 11.6 Å². The molecule has 2 aromatic heterocycles. The minimum absolute atomic E-state index is 0.194. The lowest BCUT2D eigenvalue weighted by molar-refractivity contribution is 0.101. The maximum Gasteiger partial charge on any atom is 0.264 e. The summed E-state index contributed by atoms with van der Waals surface area (Å²) >= 11 is 7.85. The highest BCUT2D eigenvalue weighted by Gasteiger charge is 2.23. The number of nitrogens with zero attached hydrogens (tertiary/aromatic N) is 3. The lowest BCUT2D eigenvalue weighted by Crippen LogP contribution is -2.26. The summed E-state index contributed by atoms with van der Waals surface area (Å²) < 4.78 is 6.90. The van der Waals surface area contributed by atoms with Crippen molar-refractivity contribution in [3.8, 4) is 11.4 Å². The van der Waals surface area contributed by atoms with Crippen molar-refractivity contribution in [2.45, 2.75) is 31.6 Å². The summed E-state index contributed by atoms with van der Waals surface area (Å²) in [7, 11) is 1.62. The van der Waals surface area contributed by atoms with E-state index < -0.39 is 6.04 Å². The second kappa shape index (κ2) is 12.7. The van der Waals surface area contributed by atoms with Gasteiger partial charge in [-0.2, -0.15) is 0 Å². The van der Waals surface area contributed by atoms with Gasteiger partial charge < -0.3 is 15.4 Å². The van der Waals surface area contributed by atoms with Gasteiger partial charge in [-0.1, -0.05) is 65.8 Å². The maximum absolute atomic E-state index is 13.9. The van der Waals surface area contributed by atoms with E-state index in [1.54, 1.807) is 17.7 Å². The molecule has 8 nitrogen and oxygen atoms in total. The van der Waals surface area contributed by atoms with Crippen LogP contribution in [0.2, 0.25) is 5.02 Å². The monoisotopic (exact) mass is 599 g/mol. The van der Waals surface area contributed by atoms with Gasteiger partial charge in [0.25, 0.3) is 5.56 Å². The fourth-order valence-corrected chi connectivity index (χ4v) is 5.44. The van der Waals surface area contributed by atoms with Crippen LogP contribution in [0.25, 0.3) is 16.5 Å². The number of nitrogens with one attached hydrogen (secondary N) is 2. The molecule has 0 radical (unpaired) electrons. The Labute approximate surface area is 253 Å². The number of ketones is 1. The Balaban J connectivity index is 1.58. The second-order valence-corrected chi connectivity index (χ2v) is 10.8. The topological polar surface area (TPSA) is 98.1 Å². The van der Waals surface area contributed by atoms with Gasteiger partial charge in [0, 0.05) is 17.9 Å². The van der Waals surface area contributed by atoms with Crippen LogP contribution in [0.3, 0.4) is 0 Å². The zero-order chi connectivity index (χ0) is 29.8. The normalized spacial score (nSPS) is 11.7. The molecule has 214 valence electrons. The van der Waals surface area contributed by atoms with Crippen molar-refractivity contribution < 1.29 is 9.53 Å². The molecule has 5 rings (SSSR count). The summed E-state index contributed by atoms with van der Waals surface area (Å²) in [5.74, 6) is 1.38. The van der Waals surface area contributed by atoms with Crippen molar-refractivity contribution in [2.75, 3.05) is 24.0 Å². The summed E-state index contributed by atoms with van der Waals surface area (Å²) in [6.07, 6.45) is 1.88. The predicted octanol–water partition coefficient (Wildman–Crippen LogP) is 7.15. The van der Waals surface area contributed by atoms with Crippen molar-refractivity contribution in [3.63, 3.8) is 0 Å². The molecule has 0 saturated carbocycles. The molecule has 0 fully saturated rings. The number of anilines is 2. The average Bonchev–Trinajstić information content (AvgIpc) is 3.00. The van der Waals surface area contributed by atoms with Crippen LogP contribution in [-0.4, -0.2) is 33.7 Å². The highest BCUT2D eigenvalue weighted by atomic mass is 35.5. The van der Waals surface area contributed by atoms with Crippen LogP contribution in [0, 0.1) is 0 Å². The van der Waals surface area contributed by atoms with Crippen LogP contribution in [0.5, 0.6) is 5.75 Å². The van der Waals surface area contributed by atoms with E-state index in [0.717, 1.165) is 16.7 Å². The molecule has 1 atom stereocenters. The molecule has 42 heavy (non-hydrogen) atoms. The zero-order valence-corrected chi connectivity index (χ0v) is 25.2. The van der Waals surface area contributed by atoms with Crippen molar-refractivity contribution in [3.05, 3.63) is 111 Å². The molecule has 0 spiro atoms. The molecule has 2 heterocycles. The fraction of sp³-hybridized carbons (Fsp3) is 0.188. The highest BCUT2D eigenvalue weighted by molar-refractivity contribution is 7.98. The standard InChI is InChI=1S/C32H30ClN5O3S/c1-19(26-17-22-9-8-12-25(33)28(22)31(40)38(26)23-10-6-5-7-11-23)35-30-27(20(2)39)29(36-32(37-30)42-4)34-18-21-13-15-24(41-3)16-14-21/h5-17,19H,18H2,1-4H3,(H2,34,35,36,37). The Morgan fingerprint density at radius 3 is 2.40 bits per heavy atom. The van der Waals surface area contributed by atoms with Crippen LogP contribution in [-0.2, 0) is 6.54 Å². The number of fused-ring (bicyclic) bond motifs is 1. The summed E-state index contributed by atoms with van der Waals surface area (Å²) in [5, 5.41) is 8.79. The average molecular weight is 600 g/mol. The third kappa shape index (κ3) is 5.98. The van der Waals surface area contributed by atoms with Gasteiger partial charge >= 0.3 is 0 Å². The molecular formula is C32H30ClN5O3S. The molecule has 0 aliphatic rings. The first kappa shape index (κ1) is 29.2. The molecule has 0 aliphatic heterocycles. The number of carbonyl (C=O) groups is 1. The maximum atomic E-state index is 13.9. The Hall–Kier alpha value is -4.34. The third-order valence-corrected chi connectivity index (χ3v) is 7.74. The summed E-state index contributed by atoms with van der Waals surface area (Å²) in [6, 6.07) is 24.0. The van der Waals surface area contributed by atoms with Crippen molar-refractivity contribution in [1.82, 2.24) is 14.5 Å². The highest BCUT2D eigenvalue weighted by Crippen LogP contribution is 2.31. The predicted molar refractivity (Wildman–Crippen MR) is 171 cm³/mol. The van der Waals surface area contributed by atoms with Crippen molar-refractivity contribution >= 4 is 51.6 Å².